The van der Waals surface area contributed by atoms with Gasteiger partial charge >= 0.3 is 0 Å². The summed E-state index contributed by atoms with van der Waals surface area (Å²) in [4.78, 5) is 12.7. The predicted octanol–water partition coefficient (Wildman–Crippen LogP) is 3.82. The van der Waals surface area contributed by atoms with Crippen LogP contribution in [0.1, 0.15) is 18.4 Å². The molecule has 0 bridgehead atoms. The largest absolute Gasteiger partial charge is 0.308 e. The van der Waals surface area contributed by atoms with Crippen LogP contribution < -0.4 is 5.32 Å². The van der Waals surface area contributed by atoms with Crippen LogP contribution in [-0.4, -0.2) is 15.7 Å². The molecule has 1 aliphatic carbocycles. The Balaban J connectivity index is 1.57. The monoisotopic (exact) mass is 339 g/mol. The number of aromatic nitrogens is 2. The normalized spacial score (nSPS) is 15.0. The Kier molecular flexibility index (Phi) is 3.60. The molecule has 1 N–H and O–H groups in total. The third-order valence-electron chi connectivity index (χ3n) is 4.50. The van der Waals surface area contributed by atoms with E-state index >= 15 is 0 Å². The van der Waals surface area contributed by atoms with Crippen LogP contribution in [0.5, 0.6) is 0 Å². The Morgan fingerprint density at radius 2 is 1.80 bits per heavy atom. The highest BCUT2D eigenvalue weighted by Crippen LogP contribution is 2.50. The fraction of sp³-hybridized carbons (Fsp3) is 0.158. The number of nitrogens with one attached hydrogen (secondary N) is 1. The third-order valence-corrected chi connectivity index (χ3v) is 4.50. The van der Waals surface area contributed by atoms with Gasteiger partial charge in [-0.3, -0.25) is 4.79 Å². The Labute approximate surface area is 143 Å². The van der Waals surface area contributed by atoms with Crippen molar-refractivity contribution >= 4 is 11.7 Å². The zero-order valence-corrected chi connectivity index (χ0v) is 13.2. The molecule has 3 aromatic rings. The highest BCUT2D eigenvalue weighted by molar-refractivity contribution is 6.00. The van der Waals surface area contributed by atoms with Crippen molar-refractivity contribution in [3.05, 3.63) is 78.0 Å². The van der Waals surface area contributed by atoms with E-state index < -0.39 is 17.0 Å². The van der Waals surface area contributed by atoms with Crippen molar-refractivity contribution in [1.82, 2.24) is 9.78 Å². The molecule has 1 fully saturated rings. The minimum atomic E-state index is -1.01. The summed E-state index contributed by atoms with van der Waals surface area (Å²) in [7, 11) is 0. The van der Waals surface area contributed by atoms with E-state index in [1.165, 1.54) is 12.1 Å². The number of anilines is 1. The standard InChI is InChI=1S/C19H15F2N3O/c20-15-8-4-7-14(17(15)21)19(10-11-19)18(25)22-16-9-12-24(23-16)13-5-2-1-3-6-13/h1-9,12H,10-11H2,(H,22,23,25). The summed E-state index contributed by atoms with van der Waals surface area (Å²) >= 11 is 0. The van der Waals surface area contributed by atoms with E-state index in [0.29, 0.717) is 18.7 Å². The lowest BCUT2D eigenvalue weighted by molar-refractivity contribution is -0.118. The van der Waals surface area contributed by atoms with E-state index in [2.05, 4.69) is 10.4 Å². The number of rotatable bonds is 4. The molecule has 4 nitrogen and oxygen atoms in total. The molecule has 1 amide bonds. The van der Waals surface area contributed by atoms with E-state index in [1.807, 2.05) is 30.3 Å². The second-order valence-electron chi connectivity index (χ2n) is 6.12. The number of carbonyl (C=O) groups excluding carboxylic acids is 1. The summed E-state index contributed by atoms with van der Waals surface area (Å²) in [5.41, 5.74) is -0.0456. The van der Waals surface area contributed by atoms with Crippen LogP contribution in [0.3, 0.4) is 0 Å². The molecular formula is C19H15F2N3O. The molecule has 0 spiro atoms. The Hall–Kier alpha value is -3.02. The number of hydrogen-bond donors (Lipinski definition) is 1. The van der Waals surface area contributed by atoms with Crippen LogP contribution in [0, 0.1) is 11.6 Å². The van der Waals surface area contributed by atoms with Crippen molar-refractivity contribution in [2.24, 2.45) is 0 Å². The molecule has 0 saturated heterocycles. The van der Waals surface area contributed by atoms with E-state index in [0.717, 1.165) is 11.8 Å². The van der Waals surface area contributed by atoms with Gasteiger partial charge in [-0.2, -0.15) is 5.10 Å². The second kappa shape index (κ2) is 5.81. The van der Waals surface area contributed by atoms with Gasteiger partial charge < -0.3 is 5.32 Å². The number of carbonyl (C=O) groups is 1. The van der Waals surface area contributed by atoms with Crippen molar-refractivity contribution in [2.75, 3.05) is 5.32 Å². The number of benzene rings is 2. The van der Waals surface area contributed by atoms with E-state index in [9.17, 15) is 13.6 Å². The van der Waals surface area contributed by atoms with Crippen LogP contribution in [0.25, 0.3) is 5.69 Å². The third kappa shape index (κ3) is 2.69. The van der Waals surface area contributed by atoms with E-state index in [4.69, 9.17) is 0 Å². The van der Waals surface area contributed by atoms with Crippen LogP contribution in [0.2, 0.25) is 0 Å². The van der Waals surface area contributed by atoms with Gasteiger partial charge in [0.05, 0.1) is 11.1 Å². The first-order valence-corrected chi connectivity index (χ1v) is 7.97. The van der Waals surface area contributed by atoms with Gasteiger partial charge in [-0.05, 0) is 31.0 Å². The van der Waals surface area contributed by atoms with Gasteiger partial charge in [-0.15, -0.1) is 0 Å². The summed E-state index contributed by atoms with van der Waals surface area (Å²) < 4.78 is 29.2. The topological polar surface area (TPSA) is 46.9 Å². The van der Waals surface area contributed by atoms with Gasteiger partial charge in [0.15, 0.2) is 17.5 Å². The lowest BCUT2D eigenvalue weighted by Crippen LogP contribution is -2.29. The van der Waals surface area contributed by atoms with Gasteiger partial charge in [0.2, 0.25) is 5.91 Å². The van der Waals surface area contributed by atoms with Crippen LogP contribution in [0.4, 0.5) is 14.6 Å². The van der Waals surface area contributed by atoms with Crippen molar-refractivity contribution < 1.29 is 13.6 Å². The molecule has 1 aliphatic rings. The van der Waals surface area contributed by atoms with Gasteiger partial charge in [0.1, 0.15) is 0 Å². The molecule has 2 aromatic carbocycles. The lowest BCUT2D eigenvalue weighted by Gasteiger charge is -2.15. The summed E-state index contributed by atoms with van der Waals surface area (Å²) in [6, 6.07) is 15.1. The van der Waals surface area contributed by atoms with Crippen molar-refractivity contribution in [3.8, 4) is 5.69 Å². The number of amides is 1. The molecule has 25 heavy (non-hydrogen) atoms. The van der Waals surface area contributed by atoms with Crippen LogP contribution in [0.15, 0.2) is 60.8 Å². The Morgan fingerprint density at radius 3 is 2.52 bits per heavy atom. The predicted molar refractivity (Wildman–Crippen MR) is 89.5 cm³/mol. The van der Waals surface area contributed by atoms with Crippen molar-refractivity contribution in [1.29, 1.82) is 0 Å². The molecule has 0 radical (unpaired) electrons. The molecule has 1 aromatic heterocycles. The minimum absolute atomic E-state index is 0.104. The SMILES string of the molecule is O=C(Nc1ccn(-c2ccccc2)n1)C1(c2cccc(F)c2F)CC1. The summed E-state index contributed by atoms with van der Waals surface area (Å²) in [6.45, 7) is 0. The maximum Gasteiger partial charge on any atom is 0.236 e. The van der Waals surface area contributed by atoms with Crippen LogP contribution >= 0.6 is 0 Å². The molecule has 6 heteroatoms. The van der Waals surface area contributed by atoms with E-state index in [1.54, 1.807) is 16.9 Å². The van der Waals surface area contributed by atoms with Gasteiger partial charge in [-0.1, -0.05) is 30.3 Å². The fourth-order valence-corrected chi connectivity index (χ4v) is 2.97. The molecule has 0 unspecified atom stereocenters. The van der Waals surface area contributed by atoms with Crippen molar-refractivity contribution in [3.63, 3.8) is 0 Å². The zero-order chi connectivity index (χ0) is 17.4. The van der Waals surface area contributed by atoms with Crippen molar-refractivity contribution in [2.45, 2.75) is 18.3 Å². The highest BCUT2D eigenvalue weighted by Gasteiger charge is 2.53. The minimum Gasteiger partial charge on any atom is -0.308 e. The summed E-state index contributed by atoms with van der Waals surface area (Å²) in [5.74, 6) is -1.89. The zero-order valence-electron chi connectivity index (χ0n) is 13.2. The second-order valence-corrected chi connectivity index (χ2v) is 6.12. The average Bonchev–Trinajstić information content (AvgIpc) is 3.31. The molecule has 0 aliphatic heterocycles. The van der Waals surface area contributed by atoms with Gasteiger partial charge in [-0.25, -0.2) is 13.5 Å². The molecule has 0 atom stereocenters. The maximum atomic E-state index is 14.1. The molecule has 1 saturated carbocycles. The number of halogens is 2. The smallest absolute Gasteiger partial charge is 0.236 e. The van der Waals surface area contributed by atoms with E-state index in [-0.39, 0.29) is 11.5 Å². The Morgan fingerprint density at radius 1 is 1.04 bits per heavy atom. The molecule has 1 heterocycles. The first kappa shape index (κ1) is 15.5. The molecular weight excluding hydrogens is 324 g/mol. The maximum absolute atomic E-state index is 14.1. The highest BCUT2D eigenvalue weighted by atomic mass is 19.2. The number of hydrogen-bond acceptors (Lipinski definition) is 2. The summed E-state index contributed by atoms with van der Waals surface area (Å²) in [6.07, 6.45) is 2.70. The first-order chi connectivity index (χ1) is 12.1. The lowest BCUT2D eigenvalue weighted by atomic mass is 9.94. The molecule has 126 valence electrons. The summed E-state index contributed by atoms with van der Waals surface area (Å²) in [5, 5.41) is 7.03. The quantitative estimate of drug-likeness (QED) is 0.785. The average molecular weight is 339 g/mol. The van der Waals surface area contributed by atoms with Gasteiger partial charge in [0.25, 0.3) is 0 Å². The Bertz CT molecular complexity index is 933. The molecule has 4 rings (SSSR count). The number of para-hydroxylation sites is 1. The van der Waals surface area contributed by atoms with Gasteiger partial charge in [0, 0.05) is 17.8 Å². The fourth-order valence-electron chi connectivity index (χ4n) is 2.97. The van der Waals surface area contributed by atoms with Crippen LogP contribution in [-0.2, 0) is 10.2 Å². The number of nitrogens with zero attached hydrogens (tertiary/aromatic N) is 2. The first-order valence-electron chi connectivity index (χ1n) is 7.97.